The number of hydrogen-bond donors (Lipinski definition) is 0. The number of esters is 1. The van der Waals surface area contributed by atoms with Crippen molar-refractivity contribution < 1.29 is 28.2 Å². The van der Waals surface area contributed by atoms with Crippen LogP contribution in [0.25, 0.3) is 6.08 Å². The summed E-state index contributed by atoms with van der Waals surface area (Å²) in [4.78, 5) is 24.1. The molecule has 0 saturated carbocycles. The third kappa shape index (κ3) is 4.06. The summed E-state index contributed by atoms with van der Waals surface area (Å²) < 4.78 is 29.7. The molecular weight excluding hydrogens is 351 g/mol. The van der Waals surface area contributed by atoms with E-state index in [4.69, 9.17) is 14.2 Å². The van der Waals surface area contributed by atoms with Gasteiger partial charge < -0.3 is 14.2 Å². The van der Waals surface area contributed by atoms with Gasteiger partial charge in [-0.3, -0.25) is 4.79 Å². The van der Waals surface area contributed by atoms with Crippen molar-refractivity contribution in [3.05, 3.63) is 77.3 Å². The van der Waals surface area contributed by atoms with Crippen molar-refractivity contribution in [1.29, 1.82) is 0 Å². The molecule has 138 valence electrons. The fourth-order valence-electron chi connectivity index (χ4n) is 2.63. The molecule has 0 spiro atoms. The molecule has 0 bridgehead atoms. The lowest BCUT2D eigenvalue weighted by Crippen LogP contribution is -2.14. The Balaban J connectivity index is 1.80. The van der Waals surface area contributed by atoms with E-state index in [2.05, 4.69) is 6.58 Å². The number of hydrogen-bond acceptors (Lipinski definition) is 5. The van der Waals surface area contributed by atoms with Gasteiger partial charge in [-0.15, -0.1) is 0 Å². The maximum atomic E-state index is 13.8. The van der Waals surface area contributed by atoms with Crippen LogP contribution in [0.15, 0.2) is 54.8 Å². The van der Waals surface area contributed by atoms with E-state index in [0.717, 1.165) is 0 Å². The summed E-state index contributed by atoms with van der Waals surface area (Å²) in [6.07, 6.45) is 2.82. The zero-order valence-corrected chi connectivity index (χ0v) is 14.7. The topological polar surface area (TPSA) is 61.8 Å². The zero-order valence-electron chi connectivity index (χ0n) is 14.7. The summed E-state index contributed by atoms with van der Waals surface area (Å²) in [5, 5.41) is 0. The molecule has 0 aliphatic carbocycles. The number of allylic oxidation sites excluding steroid dienone is 1. The van der Waals surface area contributed by atoms with E-state index >= 15 is 0 Å². The van der Waals surface area contributed by atoms with Crippen molar-refractivity contribution in [2.24, 2.45) is 0 Å². The van der Waals surface area contributed by atoms with Crippen LogP contribution in [0.5, 0.6) is 11.5 Å². The summed E-state index contributed by atoms with van der Waals surface area (Å²) in [6, 6.07) is 9.25. The largest absolute Gasteiger partial charge is 0.482 e. The van der Waals surface area contributed by atoms with Crippen LogP contribution in [-0.2, 0) is 9.53 Å². The molecule has 2 aromatic rings. The van der Waals surface area contributed by atoms with E-state index in [1.807, 2.05) is 0 Å². The Morgan fingerprint density at radius 2 is 2.07 bits per heavy atom. The average molecular weight is 368 g/mol. The number of carbonyl (C=O) groups excluding carboxylic acids is 2. The first kappa shape index (κ1) is 18.4. The molecule has 0 radical (unpaired) electrons. The predicted molar refractivity (Wildman–Crippen MR) is 97.2 cm³/mol. The monoisotopic (exact) mass is 368 g/mol. The maximum Gasteiger partial charge on any atom is 0.344 e. The van der Waals surface area contributed by atoms with Crippen LogP contribution >= 0.6 is 0 Å². The van der Waals surface area contributed by atoms with Crippen molar-refractivity contribution in [2.75, 3.05) is 13.2 Å². The number of halogens is 1. The van der Waals surface area contributed by atoms with Gasteiger partial charge in [0.2, 0.25) is 5.78 Å². The smallest absolute Gasteiger partial charge is 0.344 e. The van der Waals surface area contributed by atoms with Crippen molar-refractivity contribution in [2.45, 2.75) is 6.92 Å². The number of ketones is 1. The fourth-order valence-corrected chi connectivity index (χ4v) is 2.63. The first-order valence-electron chi connectivity index (χ1n) is 8.22. The highest BCUT2D eigenvalue weighted by Crippen LogP contribution is 2.37. The van der Waals surface area contributed by atoms with Crippen LogP contribution in [0.2, 0.25) is 0 Å². The molecular formula is C21H17FO5. The molecule has 0 saturated heterocycles. The molecule has 0 fully saturated rings. The van der Waals surface area contributed by atoms with Crippen LogP contribution in [0, 0.1) is 12.7 Å². The number of benzene rings is 2. The van der Waals surface area contributed by atoms with Gasteiger partial charge in [0.25, 0.3) is 0 Å². The average Bonchev–Trinajstić information content (AvgIpc) is 2.96. The molecule has 6 heteroatoms. The van der Waals surface area contributed by atoms with Crippen molar-refractivity contribution in [3.8, 4) is 11.5 Å². The van der Waals surface area contributed by atoms with Crippen LogP contribution < -0.4 is 9.47 Å². The van der Waals surface area contributed by atoms with Crippen LogP contribution in [0.3, 0.4) is 0 Å². The first-order chi connectivity index (χ1) is 13.0. The Bertz CT molecular complexity index is 946. The highest BCUT2D eigenvalue weighted by molar-refractivity contribution is 6.15. The highest BCUT2D eigenvalue weighted by atomic mass is 19.1. The number of ether oxygens (including phenoxy) is 3. The second-order valence-corrected chi connectivity index (χ2v) is 5.83. The fraction of sp³-hybridized carbons (Fsp3) is 0.143. The van der Waals surface area contributed by atoms with Gasteiger partial charge in [0.1, 0.15) is 23.9 Å². The van der Waals surface area contributed by atoms with E-state index in [1.165, 1.54) is 24.3 Å². The van der Waals surface area contributed by atoms with E-state index in [9.17, 15) is 14.0 Å². The highest BCUT2D eigenvalue weighted by Gasteiger charge is 2.30. The number of fused-ring (bicyclic) bond motifs is 1. The van der Waals surface area contributed by atoms with E-state index in [1.54, 1.807) is 31.2 Å². The Hall–Kier alpha value is -3.41. The lowest BCUT2D eigenvalue weighted by molar-refractivity contribution is -0.144. The first-order valence-corrected chi connectivity index (χ1v) is 8.22. The van der Waals surface area contributed by atoms with Gasteiger partial charge in [0.15, 0.2) is 12.4 Å². The predicted octanol–water partition coefficient (Wildman–Crippen LogP) is 3.86. The van der Waals surface area contributed by atoms with Gasteiger partial charge in [0.05, 0.1) is 5.56 Å². The third-order valence-corrected chi connectivity index (χ3v) is 3.85. The van der Waals surface area contributed by atoms with E-state index in [0.29, 0.717) is 22.6 Å². The lowest BCUT2D eigenvalue weighted by atomic mass is 10.0. The SMILES string of the molecule is C=CCOC(=O)COc1cc(C)c2c(c1)O/C(=C\c1ccccc1F)C2=O. The van der Waals surface area contributed by atoms with Crippen molar-refractivity contribution in [3.63, 3.8) is 0 Å². The Labute approximate surface area is 155 Å². The minimum atomic E-state index is -0.537. The van der Waals surface area contributed by atoms with E-state index in [-0.39, 0.29) is 30.3 Å². The molecule has 0 aromatic heterocycles. The molecule has 3 rings (SSSR count). The molecule has 1 aliphatic rings. The maximum absolute atomic E-state index is 13.8. The molecule has 1 heterocycles. The minimum absolute atomic E-state index is 0.0285. The second-order valence-electron chi connectivity index (χ2n) is 5.83. The molecule has 0 N–H and O–H groups in total. The van der Waals surface area contributed by atoms with Crippen LogP contribution in [0.4, 0.5) is 4.39 Å². The molecule has 2 aromatic carbocycles. The second kappa shape index (κ2) is 7.86. The summed E-state index contributed by atoms with van der Waals surface area (Å²) in [5.74, 6) is -0.622. The van der Waals surface area contributed by atoms with Gasteiger partial charge in [-0.05, 0) is 30.7 Å². The normalized spacial score (nSPS) is 13.9. The van der Waals surface area contributed by atoms with E-state index < -0.39 is 11.8 Å². The summed E-state index contributed by atoms with van der Waals surface area (Å²) >= 11 is 0. The summed E-state index contributed by atoms with van der Waals surface area (Å²) in [5.41, 5.74) is 1.27. The summed E-state index contributed by atoms with van der Waals surface area (Å²) in [7, 11) is 0. The van der Waals surface area contributed by atoms with Crippen molar-refractivity contribution >= 4 is 17.8 Å². The minimum Gasteiger partial charge on any atom is -0.482 e. The Morgan fingerprint density at radius 3 is 2.81 bits per heavy atom. The Kier molecular flexibility index (Phi) is 5.35. The zero-order chi connectivity index (χ0) is 19.4. The molecule has 0 unspecified atom stereocenters. The van der Waals surface area contributed by atoms with Gasteiger partial charge in [0, 0.05) is 11.6 Å². The van der Waals surface area contributed by atoms with Crippen molar-refractivity contribution in [1.82, 2.24) is 0 Å². The van der Waals surface area contributed by atoms with Gasteiger partial charge in [-0.2, -0.15) is 0 Å². The molecule has 1 aliphatic heterocycles. The standard InChI is InChI=1S/C21H17FO5/c1-3-8-25-19(23)12-26-15-9-13(2)20-17(11-15)27-18(21(20)24)10-14-6-4-5-7-16(14)22/h3-7,9-11H,1,8,12H2,2H3/b18-10-. The molecule has 27 heavy (non-hydrogen) atoms. The number of rotatable bonds is 6. The number of Topliss-reactive ketones (excluding diaryl/α,β-unsaturated/α-hetero) is 1. The van der Waals surface area contributed by atoms with Gasteiger partial charge >= 0.3 is 5.97 Å². The number of carbonyl (C=O) groups is 2. The lowest BCUT2D eigenvalue weighted by Gasteiger charge is -2.08. The number of aryl methyl sites for hydroxylation is 1. The quantitative estimate of drug-likeness (QED) is 0.440. The van der Waals surface area contributed by atoms with Crippen LogP contribution in [-0.4, -0.2) is 25.0 Å². The third-order valence-electron chi connectivity index (χ3n) is 3.85. The molecule has 0 atom stereocenters. The Morgan fingerprint density at radius 1 is 1.30 bits per heavy atom. The molecule has 0 amide bonds. The molecule has 5 nitrogen and oxygen atoms in total. The van der Waals surface area contributed by atoms with Gasteiger partial charge in [-0.1, -0.05) is 30.9 Å². The van der Waals surface area contributed by atoms with Crippen LogP contribution in [0.1, 0.15) is 21.5 Å². The van der Waals surface area contributed by atoms with Gasteiger partial charge in [-0.25, -0.2) is 9.18 Å². The summed E-state index contributed by atoms with van der Waals surface area (Å²) in [6.45, 7) is 5.01.